The van der Waals surface area contributed by atoms with Gasteiger partial charge in [0.25, 0.3) is 15.9 Å². The first-order valence-corrected chi connectivity index (χ1v) is 14.8. The smallest absolute Gasteiger partial charge is 0.261 e. The van der Waals surface area contributed by atoms with E-state index in [0.717, 1.165) is 19.3 Å². The van der Waals surface area contributed by atoms with Crippen LogP contribution < -0.4 is 4.72 Å². The summed E-state index contributed by atoms with van der Waals surface area (Å²) < 4.78 is 28.3. The zero-order valence-corrected chi connectivity index (χ0v) is 23.5. The van der Waals surface area contributed by atoms with E-state index in [4.69, 9.17) is 34.8 Å². The lowest BCUT2D eigenvalue weighted by Gasteiger charge is -2.20. The molecule has 0 aliphatic carbocycles. The molecular weight excluding hydrogens is 527 g/mol. The normalized spacial score (nSPS) is 11.5. The first-order chi connectivity index (χ1) is 16.7. The van der Waals surface area contributed by atoms with Crippen molar-refractivity contribution in [1.82, 2.24) is 4.90 Å². The Balaban J connectivity index is 1.94. The van der Waals surface area contributed by atoms with Crippen molar-refractivity contribution in [2.75, 3.05) is 18.3 Å². The SMILES string of the molecule is CCCCCCCCCCCCN(C)C(=O)c1cc(Cl)ccc1NS(=O)(=O)c1ccc(Cl)c(Cl)c1. The third-order valence-electron chi connectivity index (χ3n) is 5.85. The molecule has 9 heteroatoms. The Morgan fingerprint density at radius 1 is 0.829 bits per heavy atom. The standard InChI is InChI=1S/C26H35Cl3N2O3S/c1-3-4-5-6-7-8-9-10-11-12-17-31(2)26(32)22-18-20(27)13-16-25(22)30-35(33,34)21-14-15-23(28)24(29)19-21/h13-16,18-19,30H,3-12,17H2,1-2H3. The number of halogens is 3. The van der Waals surface area contributed by atoms with E-state index in [1.54, 1.807) is 11.9 Å². The maximum atomic E-state index is 13.1. The molecule has 0 bridgehead atoms. The van der Waals surface area contributed by atoms with E-state index >= 15 is 0 Å². The monoisotopic (exact) mass is 560 g/mol. The fourth-order valence-electron chi connectivity index (χ4n) is 3.77. The van der Waals surface area contributed by atoms with Gasteiger partial charge in [0.15, 0.2) is 0 Å². The van der Waals surface area contributed by atoms with Gasteiger partial charge in [-0.25, -0.2) is 8.42 Å². The summed E-state index contributed by atoms with van der Waals surface area (Å²) in [7, 11) is -2.28. The fraction of sp³-hybridized carbons (Fsp3) is 0.500. The molecule has 0 aliphatic heterocycles. The van der Waals surface area contributed by atoms with E-state index in [0.29, 0.717) is 11.6 Å². The van der Waals surface area contributed by atoms with Crippen LogP contribution in [0, 0.1) is 0 Å². The second-order valence-electron chi connectivity index (χ2n) is 8.78. The van der Waals surface area contributed by atoms with Crippen molar-refractivity contribution in [3.8, 4) is 0 Å². The number of nitrogens with zero attached hydrogens (tertiary/aromatic N) is 1. The Bertz CT molecular complexity index is 1080. The van der Waals surface area contributed by atoms with E-state index in [1.807, 2.05) is 0 Å². The number of hydrogen-bond donors (Lipinski definition) is 1. The van der Waals surface area contributed by atoms with Crippen molar-refractivity contribution < 1.29 is 13.2 Å². The van der Waals surface area contributed by atoms with Gasteiger partial charge in [0, 0.05) is 18.6 Å². The highest BCUT2D eigenvalue weighted by atomic mass is 35.5. The van der Waals surface area contributed by atoms with Gasteiger partial charge in [-0.15, -0.1) is 0 Å². The molecule has 35 heavy (non-hydrogen) atoms. The number of anilines is 1. The molecule has 2 aromatic carbocycles. The number of sulfonamides is 1. The van der Waals surface area contributed by atoms with Gasteiger partial charge in [0.1, 0.15) is 0 Å². The van der Waals surface area contributed by atoms with Gasteiger partial charge >= 0.3 is 0 Å². The van der Waals surface area contributed by atoms with Crippen LogP contribution in [-0.4, -0.2) is 32.8 Å². The molecule has 0 unspecified atom stereocenters. The number of hydrogen-bond acceptors (Lipinski definition) is 3. The Hall–Kier alpha value is -1.47. The number of carbonyl (C=O) groups excluding carboxylic acids is 1. The summed E-state index contributed by atoms with van der Waals surface area (Å²) in [6, 6.07) is 8.52. The molecule has 2 rings (SSSR count). The number of benzene rings is 2. The molecule has 0 saturated carbocycles. The van der Waals surface area contributed by atoms with Crippen molar-refractivity contribution in [3.05, 3.63) is 57.0 Å². The number of carbonyl (C=O) groups is 1. The Kier molecular flexibility index (Phi) is 12.7. The zero-order valence-electron chi connectivity index (χ0n) is 20.5. The van der Waals surface area contributed by atoms with E-state index < -0.39 is 10.0 Å². The first-order valence-electron chi connectivity index (χ1n) is 12.2. The predicted molar refractivity (Wildman–Crippen MR) is 148 cm³/mol. The maximum absolute atomic E-state index is 13.1. The minimum Gasteiger partial charge on any atom is -0.342 e. The first kappa shape index (κ1) is 29.8. The van der Waals surface area contributed by atoms with Crippen LogP contribution in [0.4, 0.5) is 5.69 Å². The van der Waals surface area contributed by atoms with Crippen molar-refractivity contribution in [2.45, 2.75) is 76.0 Å². The molecule has 0 heterocycles. The van der Waals surface area contributed by atoms with Crippen LogP contribution in [0.15, 0.2) is 41.3 Å². The van der Waals surface area contributed by atoms with Crippen molar-refractivity contribution in [1.29, 1.82) is 0 Å². The van der Waals surface area contributed by atoms with Crippen LogP contribution in [-0.2, 0) is 10.0 Å². The molecule has 0 fully saturated rings. The van der Waals surface area contributed by atoms with E-state index in [1.165, 1.54) is 81.3 Å². The Labute approximate surface area is 225 Å². The number of rotatable bonds is 15. The number of amides is 1. The van der Waals surface area contributed by atoms with Crippen molar-refractivity contribution >= 4 is 56.4 Å². The average molecular weight is 562 g/mol. The Morgan fingerprint density at radius 3 is 2.03 bits per heavy atom. The number of unbranched alkanes of at least 4 members (excludes halogenated alkanes) is 9. The highest BCUT2D eigenvalue weighted by Gasteiger charge is 2.22. The summed E-state index contributed by atoms with van der Waals surface area (Å²) in [6.45, 7) is 2.81. The average Bonchev–Trinajstić information content (AvgIpc) is 2.82. The number of nitrogens with one attached hydrogen (secondary N) is 1. The van der Waals surface area contributed by atoms with Crippen LogP contribution in [0.3, 0.4) is 0 Å². The molecule has 1 N–H and O–H groups in total. The van der Waals surface area contributed by atoms with Crippen molar-refractivity contribution in [2.24, 2.45) is 0 Å². The zero-order chi connectivity index (χ0) is 25.8. The topological polar surface area (TPSA) is 66.5 Å². The molecule has 0 radical (unpaired) electrons. The van der Waals surface area contributed by atoms with Gasteiger partial charge in [-0.05, 0) is 42.8 Å². The van der Waals surface area contributed by atoms with E-state index in [2.05, 4.69) is 11.6 Å². The van der Waals surface area contributed by atoms with Gasteiger partial charge in [0.2, 0.25) is 0 Å². The molecule has 194 valence electrons. The summed E-state index contributed by atoms with van der Waals surface area (Å²) in [5.74, 6) is -0.296. The molecule has 5 nitrogen and oxygen atoms in total. The van der Waals surface area contributed by atoms with Gasteiger partial charge in [-0.3, -0.25) is 9.52 Å². The summed E-state index contributed by atoms with van der Waals surface area (Å²) in [6.07, 6.45) is 12.1. The molecule has 0 atom stereocenters. The van der Waals surface area contributed by atoms with Crippen LogP contribution in [0.1, 0.15) is 81.5 Å². The van der Waals surface area contributed by atoms with Crippen LogP contribution in [0.25, 0.3) is 0 Å². The summed E-state index contributed by atoms with van der Waals surface area (Å²) in [5, 5.41) is 0.720. The molecule has 0 aromatic heterocycles. The fourth-order valence-corrected chi connectivity index (χ4v) is 5.41. The molecule has 0 aliphatic rings. The van der Waals surface area contributed by atoms with E-state index in [9.17, 15) is 13.2 Å². The predicted octanol–water partition coefficient (Wildman–Crippen LogP) is 8.44. The minimum absolute atomic E-state index is 0.0565. The molecule has 2 aromatic rings. The largest absolute Gasteiger partial charge is 0.342 e. The molecule has 0 spiro atoms. The molecule has 0 saturated heterocycles. The third kappa shape index (κ3) is 9.83. The van der Waals surface area contributed by atoms with Gasteiger partial charge in [0.05, 0.1) is 26.2 Å². The molecule has 1 amide bonds. The highest BCUT2D eigenvalue weighted by molar-refractivity contribution is 7.92. The van der Waals surface area contributed by atoms with Gasteiger partial charge in [-0.1, -0.05) is 99.5 Å². The lowest BCUT2D eigenvalue weighted by atomic mass is 10.1. The summed E-state index contributed by atoms with van der Waals surface area (Å²) in [4.78, 5) is 14.7. The quantitative estimate of drug-likeness (QED) is 0.222. The second kappa shape index (κ2) is 14.9. The van der Waals surface area contributed by atoms with Crippen LogP contribution in [0.5, 0.6) is 0 Å². The lowest BCUT2D eigenvalue weighted by Crippen LogP contribution is -2.29. The van der Waals surface area contributed by atoms with Crippen LogP contribution >= 0.6 is 34.8 Å². The highest BCUT2D eigenvalue weighted by Crippen LogP contribution is 2.28. The summed E-state index contributed by atoms with van der Waals surface area (Å²) in [5.41, 5.74) is 0.344. The van der Waals surface area contributed by atoms with Gasteiger partial charge in [-0.2, -0.15) is 0 Å². The lowest BCUT2D eigenvalue weighted by molar-refractivity contribution is 0.0793. The Morgan fingerprint density at radius 2 is 1.43 bits per heavy atom. The summed E-state index contributed by atoms with van der Waals surface area (Å²) >= 11 is 18.0. The van der Waals surface area contributed by atoms with E-state index in [-0.39, 0.29) is 32.1 Å². The molecular formula is C26H35Cl3N2O3S. The maximum Gasteiger partial charge on any atom is 0.261 e. The van der Waals surface area contributed by atoms with Crippen LogP contribution in [0.2, 0.25) is 15.1 Å². The second-order valence-corrected chi connectivity index (χ2v) is 11.7. The minimum atomic E-state index is -3.99. The third-order valence-corrected chi connectivity index (χ3v) is 8.19. The van der Waals surface area contributed by atoms with Crippen molar-refractivity contribution in [3.63, 3.8) is 0 Å². The van der Waals surface area contributed by atoms with Gasteiger partial charge < -0.3 is 4.90 Å².